The lowest BCUT2D eigenvalue weighted by molar-refractivity contribution is 0.0687. The fraction of sp³-hybridized carbons (Fsp3) is 0.214. The van der Waals surface area contributed by atoms with Crippen LogP contribution in [0.3, 0.4) is 0 Å². The number of hydrogen-bond donors (Lipinski definition) is 1. The molecule has 1 aromatic heterocycles. The number of aromatic carboxylic acids is 1. The van der Waals surface area contributed by atoms with E-state index in [0.717, 1.165) is 21.4 Å². The first kappa shape index (κ1) is 15.7. The molecule has 1 aromatic carbocycles. The van der Waals surface area contributed by atoms with Crippen molar-refractivity contribution in [2.75, 3.05) is 11.9 Å². The molecule has 7 heteroatoms. The third-order valence-electron chi connectivity index (χ3n) is 2.80. The van der Waals surface area contributed by atoms with Gasteiger partial charge in [0.25, 0.3) is 0 Å². The van der Waals surface area contributed by atoms with Crippen LogP contribution in [0.5, 0.6) is 0 Å². The Morgan fingerprint density at radius 1 is 1.33 bits per heavy atom. The van der Waals surface area contributed by atoms with E-state index in [1.54, 1.807) is 0 Å². The van der Waals surface area contributed by atoms with Gasteiger partial charge in [0.05, 0.1) is 0 Å². The van der Waals surface area contributed by atoms with Crippen LogP contribution < -0.4 is 4.90 Å². The highest BCUT2D eigenvalue weighted by molar-refractivity contribution is 9.10. The zero-order chi connectivity index (χ0) is 15.6. The minimum atomic E-state index is -1.18. The van der Waals surface area contributed by atoms with E-state index in [9.17, 15) is 9.59 Å². The van der Waals surface area contributed by atoms with Crippen LogP contribution in [0, 0.1) is 0 Å². The van der Waals surface area contributed by atoms with Crippen LogP contribution in [0.15, 0.2) is 28.7 Å². The minimum Gasteiger partial charge on any atom is -0.476 e. The number of rotatable bonds is 5. The van der Waals surface area contributed by atoms with Gasteiger partial charge in [-0.15, -0.1) is 0 Å². The molecule has 0 bridgehead atoms. The summed E-state index contributed by atoms with van der Waals surface area (Å²) >= 11 is 4.48. The van der Waals surface area contributed by atoms with Crippen LogP contribution in [0.25, 0.3) is 0 Å². The highest BCUT2D eigenvalue weighted by Gasteiger charge is 2.22. The first-order valence-corrected chi connectivity index (χ1v) is 7.70. The van der Waals surface area contributed by atoms with Gasteiger partial charge in [-0.25, -0.2) is 9.78 Å². The first-order valence-electron chi connectivity index (χ1n) is 6.09. The van der Waals surface area contributed by atoms with Crippen LogP contribution in [-0.2, 0) is 6.54 Å². The molecule has 0 radical (unpaired) electrons. The number of carbonyl (C=O) groups excluding carboxylic acids is 1. The third kappa shape index (κ3) is 3.68. The van der Waals surface area contributed by atoms with Crippen molar-refractivity contribution in [2.45, 2.75) is 13.5 Å². The van der Waals surface area contributed by atoms with Crippen molar-refractivity contribution >= 4 is 44.2 Å². The number of hydrogen-bond acceptors (Lipinski definition) is 5. The Balaban J connectivity index is 2.25. The van der Waals surface area contributed by atoms with Gasteiger partial charge in [-0.05, 0) is 17.7 Å². The van der Waals surface area contributed by atoms with Gasteiger partial charge in [-0.3, -0.25) is 4.79 Å². The molecule has 2 rings (SSSR count). The number of aromatic nitrogens is 1. The predicted octanol–water partition coefficient (Wildman–Crippen LogP) is 3.44. The highest BCUT2D eigenvalue weighted by Crippen LogP contribution is 2.27. The van der Waals surface area contributed by atoms with Crippen LogP contribution in [-0.4, -0.2) is 28.9 Å². The van der Waals surface area contributed by atoms with Crippen molar-refractivity contribution < 1.29 is 14.7 Å². The molecule has 1 N–H and O–H groups in total. The summed E-state index contributed by atoms with van der Waals surface area (Å²) in [6, 6.07) is 7.82. The van der Waals surface area contributed by atoms with Crippen molar-refractivity contribution in [3.63, 3.8) is 0 Å². The average molecular weight is 369 g/mol. The Kier molecular flexibility index (Phi) is 4.74. The van der Waals surface area contributed by atoms with Gasteiger partial charge in [-0.1, -0.05) is 39.4 Å². The summed E-state index contributed by atoms with van der Waals surface area (Å²) in [5.41, 5.74) is 0.891. The van der Waals surface area contributed by atoms with Gasteiger partial charge in [0.2, 0.25) is 0 Å². The number of benzene rings is 1. The quantitative estimate of drug-likeness (QED) is 0.818. The summed E-state index contributed by atoms with van der Waals surface area (Å²) in [5, 5.41) is 9.61. The second kappa shape index (κ2) is 6.36. The van der Waals surface area contributed by atoms with E-state index >= 15 is 0 Å². The molecule has 0 atom stereocenters. The van der Waals surface area contributed by atoms with E-state index in [1.165, 1.54) is 6.92 Å². The summed E-state index contributed by atoms with van der Waals surface area (Å²) in [7, 11) is 1.82. The zero-order valence-corrected chi connectivity index (χ0v) is 13.9. The summed E-state index contributed by atoms with van der Waals surface area (Å²) in [6.45, 7) is 1.93. The molecule has 0 saturated carbocycles. The normalized spacial score (nSPS) is 10.4. The summed E-state index contributed by atoms with van der Waals surface area (Å²) in [4.78, 5) is 28.7. The van der Waals surface area contributed by atoms with Crippen LogP contribution in [0.4, 0.5) is 5.13 Å². The number of nitrogens with zero attached hydrogens (tertiary/aromatic N) is 2. The number of Topliss-reactive ketones (excluding diaryl/α,β-unsaturated/α-hetero) is 1. The largest absolute Gasteiger partial charge is 0.476 e. The van der Waals surface area contributed by atoms with Crippen molar-refractivity contribution in [3.05, 3.63) is 44.9 Å². The monoisotopic (exact) mass is 368 g/mol. The standard InChI is InChI=1S/C14H13BrN2O3S/c1-8(18)12-11(13(19)20)16-14(21-12)17(2)7-9-3-5-10(15)6-4-9/h3-6H,7H2,1-2H3,(H,19,20). The lowest BCUT2D eigenvalue weighted by Crippen LogP contribution is -2.16. The fourth-order valence-corrected chi connectivity index (χ4v) is 2.96. The number of thiazole rings is 1. The number of carboxylic acids is 1. The van der Waals surface area contributed by atoms with Gasteiger partial charge < -0.3 is 10.0 Å². The molecule has 0 spiro atoms. The molecule has 2 aromatic rings. The van der Waals surface area contributed by atoms with E-state index < -0.39 is 5.97 Å². The van der Waals surface area contributed by atoms with Gasteiger partial charge in [-0.2, -0.15) is 0 Å². The lowest BCUT2D eigenvalue weighted by Gasteiger charge is -2.15. The molecule has 0 aliphatic carbocycles. The molecule has 0 unspecified atom stereocenters. The summed E-state index contributed by atoms with van der Waals surface area (Å²) < 4.78 is 0.996. The van der Waals surface area contributed by atoms with E-state index in [4.69, 9.17) is 5.11 Å². The maximum Gasteiger partial charge on any atom is 0.356 e. The number of carboxylic acid groups (broad SMARTS) is 1. The Hall–Kier alpha value is -1.73. The fourth-order valence-electron chi connectivity index (χ4n) is 1.79. The summed E-state index contributed by atoms with van der Waals surface area (Å²) in [6.07, 6.45) is 0. The second-order valence-electron chi connectivity index (χ2n) is 4.52. The van der Waals surface area contributed by atoms with Gasteiger partial charge in [0, 0.05) is 25.0 Å². The minimum absolute atomic E-state index is 0.176. The number of carbonyl (C=O) groups is 2. The van der Waals surface area contributed by atoms with Crippen molar-refractivity contribution in [1.82, 2.24) is 4.98 Å². The SMILES string of the molecule is CC(=O)c1sc(N(C)Cc2ccc(Br)cc2)nc1C(=O)O. The van der Waals surface area contributed by atoms with Crippen molar-refractivity contribution in [2.24, 2.45) is 0 Å². The maximum absolute atomic E-state index is 11.5. The lowest BCUT2D eigenvalue weighted by atomic mass is 10.2. The molecule has 5 nitrogen and oxygen atoms in total. The van der Waals surface area contributed by atoms with Crippen molar-refractivity contribution in [1.29, 1.82) is 0 Å². The van der Waals surface area contributed by atoms with Gasteiger partial charge in [0.15, 0.2) is 16.6 Å². The number of anilines is 1. The Morgan fingerprint density at radius 2 is 1.95 bits per heavy atom. The Bertz CT molecular complexity index is 651. The highest BCUT2D eigenvalue weighted by atomic mass is 79.9. The van der Waals surface area contributed by atoms with E-state index in [2.05, 4.69) is 20.9 Å². The van der Waals surface area contributed by atoms with Crippen LogP contribution in [0.2, 0.25) is 0 Å². The molecular weight excluding hydrogens is 356 g/mol. The molecule has 0 fully saturated rings. The third-order valence-corrected chi connectivity index (χ3v) is 4.60. The molecular formula is C14H13BrN2O3S. The van der Waals surface area contributed by atoms with Gasteiger partial charge >= 0.3 is 5.97 Å². The number of halogens is 1. The predicted molar refractivity (Wildman–Crippen MR) is 85.3 cm³/mol. The Morgan fingerprint density at radius 3 is 2.43 bits per heavy atom. The van der Waals surface area contributed by atoms with E-state index in [0.29, 0.717) is 11.7 Å². The van der Waals surface area contributed by atoms with E-state index in [1.807, 2.05) is 36.2 Å². The summed E-state index contributed by atoms with van der Waals surface area (Å²) in [5.74, 6) is -1.46. The molecule has 110 valence electrons. The Labute approximate surface area is 134 Å². The molecule has 0 amide bonds. The second-order valence-corrected chi connectivity index (χ2v) is 6.41. The zero-order valence-electron chi connectivity index (χ0n) is 11.5. The molecule has 1 heterocycles. The smallest absolute Gasteiger partial charge is 0.356 e. The first-order chi connectivity index (χ1) is 9.88. The molecule has 21 heavy (non-hydrogen) atoms. The van der Waals surface area contributed by atoms with Crippen molar-refractivity contribution in [3.8, 4) is 0 Å². The van der Waals surface area contributed by atoms with Crippen LogP contribution >= 0.6 is 27.3 Å². The topological polar surface area (TPSA) is 70.5 Å². The molecule has 0 aliphatic rings. The average Bonchev–Trinajstić information content (AvgIpc) is 2.87. The van der Waals surface area contributed by atoms with Crippen LogP contribution in [0.1, 0.15) is 32.6 Å². The van der Waals surface area contributed by atoms with Gasteiger partial charge in [0.1, 0.15) is 4.88 Å². The molecule has 0 saturated heterocycles. The van der Waals surface area contributed by atoms with E-state index in [-0.39, 0.29) is 16.4 Å². The molecule has 0 aliphatic heterocycles. The number of ketones is 1. The maximum atomic E-state index is 11.5.